The number of rotatable bonds is 6. The van der Waals surface area contributed by atoms with E-state index in [1.165, 1.54) is 38.4 Å². The van der Waals surface area contributed by atoms with E-state index in [2.05, 4.69) is 10.9 Å². The summed E-state index contributed by atoms with van der Waals surface area (Å²) in [5.74, 6) is -1.93. The van der Waals surface area contributed by atoms with Crippen LogP contribution in [0.4, 0.5) is 5.69 Å². The number of amides is 3. The fourth-order valence-electron chi connectivity index (χ4n) is 3.38. The zero-order valence-corrected chi connectivity index (χ0v) is 19.0. The molecular weight excluding hydrogens is 432 g/mol. The average molecular weight is 459 g/mol. The first-order valence-electron chi connectivity index (χ1n) is 10.2. The number of nitrogens with zero attached hydrogens (tertiary/aromatic N) is 2. The maximum atomic E-state index is 12.5. The van der Waals surface area contributed by atoms with Crippen molar-refractivity contribution in [1.82, 2.24) is 15.2 Å². The first-order valence-corrected chi connectivity index (χ1v) is 11.6. The molecule has 2 aromatic carbocycles. The summed E-state index contributed by atoms with van der Waals surface area (Å²) in [5.41, 5.74) is 6.55. The number of carbonyl (C=O) groups excluding carboxylic acids is 3. The maximum Gasteiger partial charge on any atom is 0.269 e. The lowest BCUT2D eigenvalue weighted by molar-refractivity contribution is -0.126. The van der Waals surface area contributed by atoms with E-state index in [1.54, 1.807) is 4.90 Å². The Morgan fingerprint density at radius 2 is 1.81 bits per heavy atom. The van der Waals surface area contributed by atoms with Crippen molar-refractivity contribution in [1.29, 1.82) is 0 Å². The van der Waals surface area contributed by atoms with Gasteiger partial charge in [-0.2, -0.15) is 0 Å². The summed E-state index contributed by atoms with van der Waals surface area (Å²) >= 11 is 0. The highest BCUT2D eigenvalue weighted by Crippen LogP contribution is 2.26. The van der Waals surface area contributed by atoms with Crippen LogP contribution in [0.25, 0.3) is 0 Å². The molecule has 0 spiro atoms. The number of anilines is 1. The van der Waals surface area contributed by atoms with Crippen LogP contribution >= 0.6 is 0 Å². The molecule has 0 aliphatic carbocycles. The fraction of sp³-hybridized carbons (Fsp3) is 0.318. The zero-order chi connectivity index (χ0) is 23.5. The van der Waals surface area contributed by atoms with E-state index in [1.807, 2.05) is 31.2 Å². The van der Waals surface area contributed by atoms with Gasteiger partial charge in [0.25, 0.3) is 5.91 Å². The van der Waals surface area contributed by atoms with Crippen molar-refractivity contribution in [3.8, 4) is 0 Å². The van der Waals surface area contributed by atoms with Crippen LogP contribution < -0.4 is 15.8 Å². The Bertz CT molecular complexity index is 1150. The van der Waals surface area contributed by atoms with Crippen molar-refractivity contribution in [2.24, 2.45) is 5.92 Å². The molecule has 3 amide bonds. The Kier molecular flexibility index (Phi) is 6.95. The van der Waals surface area contributed by atoms with Gasteiger partial charge in [0.2, 0.25) is 21.8 Å². The monoisotopic (exact) mass is 458 g/mol. The van der Waals surface area contributed by atoms with Gasteiger partial charge in [0.15, 0.2) is 0 Å². The van der Waals surface area contributed by atoms with E-state index in [0.29, 0.717) is 0 Å². The summed E-state index contributed by atoms with van der Waals surface area (Å²) in [6.45, 7) is 2.24. The topological polar surface area (TPSA) is 116 Å². The Morgan fingerprint density at radius 1 is 1.09 bits per heavy atom. The van der Waals surface area contributed by atoms with Crippen LogP contribution in [-0.4, -0.2) is 51.1 Å². The van der Waals surface area contributed by atoms with Gasteiger partial charge in [-0.3, -0.25) is 25.2 Å². The molecule has 0 bridgehead atoms. The van der Waals surface area contributed by atoms with Crippen LogP contribution in [0.5, 0.6) is 0 Å². The Morgan fingerprint density at radius 3 is 2.50 bits per heavy atom. The number of sulfonamides is 1. The molecule has 10 heteroatoms. The van der Waals surface area contributed by atoms with Crippen molar-refractivity contribution < 1.29 is 22.8 Å². The first-order chi connectivity index (χ1) is 15.1. The summed E-state index contributed by atoms with van der Waals surface area (Å²) in [4.78, 5) is 38.9. The van der Waals surface area contributed by atoms with Gasteiger partial charge < -0.3 is 4.90 Å². The van der Waals surface area contributed by atoms with Crippen molar-refractivity contribution in [3.63, 3.8) is 0 Å². The van der Waals surface area contributed by atoms with Gasteiger partial charge in [0.05, 0.1) is 10.8 Å². The molecule has 32 heavy (non-hydrogen) atoms. The predicted molar refractivity (Wildman–Crippen MR) is 119 cm³/mol. The highest BCUT2D eigenvalue weighted by atomic mass is 32.2. The molecule has 170 valence electrons. The third kappa shape index (κ3) is 4.97. The van der Waals surface area contributed by atoms with Gasteiger partial charge in [-0.15, -0.1) is 0 Å². The van der Waals surface area contributed by atoms with E-state index >= 15 is 0 Å². The highest BCUT2D eigenvalue weighted by molar-refractivity contribution is 7.89. The highest BCUT2D eigenvalue weighted by Gasteiger charge is 2.35. The number of hydrazine groups is 1. The van der Waals surface area contributed by atoms with Crippen LogP contribution in [0.15, 0.2) is 53.4 Å². The zero-order valence-electron chi connectivity index (χ0n) is 18.2. The number of aryl methyl sites for hydroxylation is 1. The number of benzene rings is 2. The summed E-state index contributed by atoms with van der Waals surface area (Å²) in [5, 5.41) is 0. The molecule has 2 N–H and O–H groups in total. The molecule has 0 radical (unpaired) electrons. The molecule has 0 unspecified atom stereocenters. The van der Waals surface area contributed by atoms with Gasteiger partial charge in [0.1, 0.15) is 0 Å². The molecule has 1 aliphatic rings. The van der Waals surface area contributed by atoms with E-state index in [4.69, 9.17) is 0 Å². The molecule has 1 aliphatic heterocycles. The molecule has 2 aromatic rings. The summed E-state index contributed by atoms with van der Waals surface area (Å²) in [7, 11) is -0.906. The molecule has 3 rings (SSSR count). The minimum Gasteiger partial charge on any atom is -0.312 e. The molecule has 1 atom stereocenters. The summed E-state index contributed by atoms with van der Waals surface area (Å²) in [6, 6.07) is 13.1. The van der Waals surface area contributed by atoms with Crippen LogP contribution in [0, 0.1) is 5.92 Å². The lowest BCUT2D eigenvalue weighted by atomic mass is 10.1. The van der Waals surface area contributed by atoms with Crippen molar-refractivity contribution in [3.05, 3.63) is 59.7 Å². The van der Waals surface area contributed by atoms with Crippen molar-refractivity contribution in [2.75, 3.05) is 25.5 Å². The van der Waals surface area contributed by atoms with Gasteiger partial charge in [-0.1, -0.05) is 25.1 Å². The van der Waals surface area contributed by atoms with Crippen molar-refractivity contribution >= 4 is 33.4 Å². The molecule has 0 aromatic heterocycles. The predicted octanol–water partition coefficient (Wildman–Crippen LogP) is 1.31. The second-order valence-electron chi connectivity index (χ2n) is 7.69. The molecule has 1 heterocycles. The third-order valence-corrected chi connectivity index (χ3v) is 7.11. The lowest BCUT2D eigenvalue weighted by Gasteiger charge is -2.17. The Labute approximate surface area is 187 Å². The Balaban J connectivity index is 1.62. The molecule has 1 fully saturated rings. The molecule has 1 saturated heterocycles. The minimum atomic E-state index is -3.70. The van der Waals surface area contributed by atoms with Gasteiger partial charge in [-0.05, 0) is 42.3 Å². The van der Waals surface area contributed by atoms with Gasteiger partial charge in [0, 0.05) is 38.3 Å². The van der Waals surface area contributed by atoms with Crippen LogP contribution in [0.3, 0.4) is 0 Å². The summed E-state index contributed by atoms with van der Waals surface area (Å²) in [6.07, 6.45) is 0.873. The first kappa shape index (κ1) is 23.4. The number of hydrogen-bond acceptors (Lipinski definition) is 5. The molecule has 0 saturated carbocycles. The number of hydrogen-bond donors (Lipinski definition) is 2. The van der Waals surface area contributed by atoms with E-state index in [0.717, 1.165) is 22.0 Å². The number of carbonyl (C=O) groups is 3. The number of nitrogens with one attached hydrogen (secondary N) is 2. The average Bonchev–Trinajstić information content (AvgIpc) is 3.19. The molecule has 9 nitrogen and oxygen atoms in total. The van der Waals surface area contributed by atoms with Crippen molar-refractivity contribution in [2.45, 2.75) is 24.7 Å². The van der Waals surface area contributed by atoms with Gasteiger partial charge in [-0.25, -0.2) is 12.7 Å². The quantitative estimate of drug-likeness (QED) is 0.634. The standard InChI is InChI=1S/C22H26N4O5S/c1-4-15-7-5-9-18(11-15)26-14-17(13-20(26)27)22(29)24-23-21(28)16-8-6-10-19(12-16)32(30,31)25(2)3/h5-12,17H,4,13-14H2,1-3H3,(H,23,28)(H,24,29)/t17-/m1/s1. The summed E-state index contributed by atoms with van der Waals surface area (Å²) < 4.78 is 25.6. The van der Waals surface area contributed by atoms with Crippen LogP contribution in [-0.2, 0) is 26.0 Å². The smallest absolute Gasteiger partial charge is 0.269 e. The van der Waals surface area contributed by atoms with Crippen LogP contribution in [0.2, 0.25) is 0 Å². The fourth-order valence-corrected chi connectivity index (χ4v) is 4.33. The minimum absolute atomic E-state index is 0.0344. The van der Waals surface area contributed by atoms with E-state index < -0.39 is 27.8 Å². The van der Waals surface area contributed by atoms with E-state index in [9.17, 15) is 22.8 Å². The lowest BCUT2D eigenvalue weighted by Crippen LogP contribution is -2.45. The van der Waals surface area contributed by atoms with Crippen LogP contribution in [0.1, 0.15) is 29.3 Å². The van der Waals surface area contributed by atoms with Gasteiger partial charge >= 0.3 is 0 Å². The second-order valence-corrected chi connectivity index (χ2v) is 9.84. The second kappa shape index (κ2) is 9.49. The molecular formula is C22H26N4O5S. The third-order valence-electron chi connectivity index (χ3n) is 5.30. The largest absolute Gasteiger partial charge is 0.312 e. The Hall–Kier alpha value is -3.24. The SMILES string of the molecule is CCc1cccc(N2C[C@H](C(=O)NNC(=O)c3cccc(S(=O)(=O)N(C)C)c3)CC2=O)c1. The van der Waals surface area contributed by atoms with E-state index in [-0.39, 0.29) is 29.3 Å². The maximum absolute atomic E-state index is 12.5. The normalized spacial score (nSPS) is 16.3.